The molecule has 0 radical (unpaired) electrons. The molecule has 0 bridgehead atoms. The summed E-state index contributed by atoms with van der Waals surface area (Å²) in [6, 6.07) is 6.33. The maximum absolute atomic E-state index is 12.4. The molecule has 0 atom stereocenters. The van der Waals surface area contributed by atoms with E-state index in [1.54, 1.807) is 29.9 Å². The molecule has 0 fully saturated rings. The lowest BCUT2D eigenvalue weighted by Gasteiger charge is -2.18. The molecule has 24 heavy (non-hydrogen) atoms. The standard InChI is InChI=1S/C17H17N3O4/c1-10-13(9-19(18-10)17(2,3)4)16(23)24-20-14(21)11-7-5-6-8-12(11)15(20)22/h5-9H,1-4H3. The zero-order chi connectivity index (χ0) is 17.6. The quantitative estimate of drug-likeness (QED) is 0.791. The van der Waals surface area contributed by atoms with Gasteiger partial charge in [-0.2, -0.15) is 5.10 Å². The first kappa shape index (κ1) is 15.9. The Kier molecular flexibility index (Phi) is 3.51. The van der Waals surface area contributed by atoms with Gasteiger partial charge in [-0.15, -0.1) is 0 Å². The minimum Gasteiger partial charge on any atom is -0.324 e. The third-order valence-corrected chi connectivity index (χ3v) is 3.74. The smallest absolute Gasteiger partial charge is 0.324 e. The second kappa shape index (κ2) is 5.30. The fraction of sp³-hybridized carbons (Fsp3) is 0.294. The fourth-order valence-corrected chi connectivity index (χ4v) is 2.39. The van der Waals surface area contributed by atoms with E-state index in [2.05, 4.69) is 5.10 Å². The van der Waals surface area contributed by atoms with Crippen LogP contribution >= 0.6 is 0 Å². The normalized spacial score (nSPS) is 14.1. The molecular weight excluding hydrogens is 310 g/mol. The first-order chi connectivity index (χ1) is 11.2. The zero-order valence-corrected chi connectivity index (χ0v) is 13.9. The van der Waals surface area contributed by atoms with Crippen LogP contribution in [0.15, 0.2) is 30.5 Å². The third-order valence-electron chi connectivity index (χ3n) is 3.74. The van der Waals surface area contributed by atoms with Crippen LogP contribution in [0.3, 0.4) is 0 Å². The molecule has 2 aromatic rings. The molecule has 7 heteroatoms. The minimum atomic E-state index is -0.794. The monoisotopic (exact) mass is 327 g/mol. The predicted octanol–water partition coefficient (Wildman–Crippen LogP) is 2.31. The SMILES string of the molecule is Cc1nn(C(C)(C)C)cc1C(=O)ON1C(=O)c2ccccc2C1=O. The molecule has 2 heterocycles. The van der Waals surface area contributed by atoms with Gasteiger partial charge >= 0.3 is 5.97 Å². The Labute approximate surface area is 138 Å². The van der Waals surface area contributed by atoms with Crippen LogP contribution < -0.4 is 0 Å². The lowest BCUT2D eigenvalue weighted by atomic mass is 10.1. The topological polar surface area (TPSA) is 81.5 Å². The van der Waals surface area contributed by atoms with Crippen LogP contribution in [0.5, 0.6) is 0 Å². The number of carbonyl (C=O) groups excluding carboxylic acids is 3. The van der Waals surface area contributed by atoms with E-state index in [1.807, 2.05) is 20.8 Å². The van der Waals surface area contributed by atoms with Crippen molar-refractivity contribution < 1.29 is 19.2 Å². The number of carbonyl (C=O) groups is 3. The van der Waals surface area contributed by atoms with Crippen molar-refractivity contribution in [1.82, 2.24) is 14.8 Å². The van der Waals surface area contributed by atoms with E-state index in [0.29, 0.717) is 10.8 Å². The van der Waals surface area contributed by atoms with E-state index in [4.69, 9.17) is 4.84 Å². The van der Waals surface area contributed by atoms with Gasteiger partial charge in [-0.3, -0.25) is 14.3 Å². The number of hydroxylamine groups is 2. The van der Waals surface area contributed by atoms with Gasteiger partial charge in [-0.1, -0.05) is 17.2 Å². The summed E-state index contributed by atoms with van der Waals surface area (Å²) in [6.07, 6.45) is 1.55. The van der Waals surface area contributed by atoms with Gasteiger partial charge in [-0.25, -0.2) is 4.79 Å². The van der Waals surface area contributed by atoms with Crippen molar-refractivity contribution in [1.29, 1.82) is 0 Å². The van der Waals surface area contributed by atoms with E-state index in [9.17, 15) is 14.4 Å². The van der Waals surface area contributed by atoms with E-state index in [1.165, 1.54) is 12.1 Å². The third kappa shape index (κ3) is 2.47. The number of rotatable bonds is 2. The Balaban J connectivity index is 1.86. The summed E-state index contributed by atoms with van der Waals surface area (Å²) in [5.74, 6) is -2.09. The molecule has 0 unspecified atom stereocenters. The van der Waals surface area contributed by atoms with Crippen molar-refractivity contribution in [2.45, 2.75) is 33.2 Å². The summed E-state index contributed by atoms with van der Waals surface area (Å²) in [4.78, 5) is 41.9. The largest absolute Gasteiger partial charge is 0.367 e. The van der Waals surface area contributed by atoms with Crippen LogP contribution in [0.2, 0.25) is 0 Å². The Hall–Kier alpha value is -2.96. The van der Waals surface area contributed by atoms with Crippen molar-refractivity contribution in [3.63, 3.8) is 0 Å². The molecular formula is C17H17N3O4. The summed E-state index contributed by atoms with van der Waals surface area (Å²) < 4.78 is 1.64. The average molecular weight is 327 g/mol. The van der Waals surface area contributed by atoms with Crippen LogP contribution in [-0.4, -0.2) is 32.6 Å². The second-order valence-electron chi connectivity index (χ2n) is 6.57. The van der Waals surface area contributed by atoms with Crippen molar-refractivity contribution in [2.24, 2.45) is 0 Å². The average Bonchev–Trinajstić information content (AvgIpc) is 3.02. The molecule has 124 valence electrons. The van der Waals surface area contributed by atoms with Gasteiger partial charge < -0.3 is 4.84 Å². The highest BCUT2D eigenvalue weighted by atomic mass is 16.7. The fourth-order valence-electron chi connectivity index (χ4n) is 2.39. The Bertz CT molecular complexity index is 826. The maximum Gasteiger partial charge on any atom is 0.367 e. The number of nitrogens with zero attached hydrogens (tertiary/aromatic N) is 3. The van der Waals surface area contributed by atoms with Crippen LogP contribution in [0.25, 0.3) is 0 Å². The molecule has 1 aromatic carbocycles. The minimum absolute atomic E-state index is 0.210. The number of aryl methyl sites for hydroxylation is 1. The highest BCUT2D eigenvalue weighted by Crippen LogP contribution is 2.24. The van der Waals surface area contributed by atoms with Crippen molar-refractivity contribution >= 4 is 17.8 Å². The van der Waals surface area contributed by atoms with Crippen LogP contribution in [0.4, 0.5) is 0 Å². The van der Waals surface area contributed by atoms with Gasteiger partial charge in [0.1, 0.15) is 5.56 Å². The van der Waals surface area contributed by atoms with E-state index in [0.717, 1.165) is 0 Å². The molecule has 0 aliphatic carbocycles. The lowest BCUT2D eigenvalue weighted by molar-refractivity contribution is -0.0585. The number of aromatic nitrogens is 2. The number of imide groups is 1. The number of fused-ring (bicyclic) bond motifs is 1. The van der Waals surface area contributed by atoms with Crippen molar-refractivity contribution in [3.8, 4) is 0 Å². The van der Waals surface area contributed by atoms with Crippen LogP contribution in [0, 0.1) is 6.92 Å². The Morgan fingerprint density at radius 1 is 1.08 bits per heavy atom. The molecule has 1 aliphatic heterocycles. The second-order valence-corrected chi connectivity index (χ2v) is 6.57. The highest BCUT2D eigenvalue weighted by molar-refractivity contribution is 6.21. The number of benzene rings is 1. The maximum atomic E-state index is 12.4. The molecule has 0 N–H and O–H groups in total. The van der Waals surface area contributed by atoms with Crippen LogP contribution in [0.1, 0.15) is 57.5 Å². The van der Waals surface area contributed by atoms with Gasteiger partial charge in [0.15, 0.2) is 0 Å². The van der Waals surface area contributed by atoms with Gasteiger partial charge in [0, 0.05) is 6.20 Å². The predicted molar refractivity (Wildman–Crippen MR) is 84.3 cm³/mol. The number of hydrogen-bond acceptors (Lipinski definition) is 5. The zero-order valence-electron chi connectivity index (χ0n) is 13.9. The molecule has 0 saturated carbocycles. The number of hydrogen-bond donors (Lipinski definition) is 0. The molecule has 7 nitrogen and oxygen atoms in total. The molecule has 0 saturated heterocycles. The lowest BCUT2D eigenvalue weighted by Crippen LogP contribution is -2.32. The van der Waals surface area contributed by atoms with Gasteiger partial charge in [-0.05, 0) is 39.8 Å². The van der Waals surface area contributed by atoms with E-state index >= 15 is 0 Å². The molecule has 2 amide bonds. The highest BCUT2D eigenvalue weighted by Gasteiger charge is 2.39. The Morgan fingerprint density at radius 3 is 2.08 bits per heavy atom. The summed E-state index contributed by atoms with van der Waals surface area (Å²) >= 11 is 0. The summed E-state index contributed by atoms with van der Waals surface area (Å²) in [6.45, 7) is 7.50. The molecule has 1 aliphatic rings. The molecule has 0 spiro atoms. The van der Waals surface area contributed by atoms with Gasteiger partial charge in [0.2, 0.25) is 0 Å². The first-order valence-corrected chi connectivity index (χ1v) is 7.47. The van der Waals surface area contributed by atoms with Gasteiger partial charge in [0.25, 0.3) is 11.8 Å². The van der Waals surface area contributed by atoms with Crippen molar-refractivity contribution in [2.75, 3.05) is 0 Å². The summed E-state index contributed by atoms with van der Waals surface area (Å²) in [5, 5.41) is 4.78. The van der Waals surface area contributed by atoms with Gasteiger partial charge in [0.05, 0.1) is 22.4 Å². The summed E-state index contributed by atoms with van der Waals surface area (Å²) in [7, 11) is 0. The van der Waals surface area contributed by atoms with Crippen LogP contribution in [-0.2, 0) is 10.4 Å². The molecule has 3 rings (SSSR count). The van der Waals surface area contributed by atoms with E-state index in [-0.39, 0.29) is 22.2 Å². The molecule has 1 aromatic heterocycles. The first-order valence-electron chi connectivity index (χ1n) is 7.47. The van der Waals surface area contributed by atoms with E-state index < -0.39 is 17.8 Å². The summed E-state index contributed by atoms with van der Waals surface area (Å²) in [5.41, 5.74) is 0.807. The Morgan fingerprint density at radius 2 is 1.62 bits per heavy atom. The number of amides is 2. The van der Waals surface area contributed by atoms with Crippen molar-refractivity contribution in [3.05, 3.63) is 52.8 Å².